The number of benzene rings is 2. The molecule has 1 saturated carbocycles. The number of carbonyl (C=O) groups excluding carboxylic acids is 1. The third kappa shape index (κ3) is 5.58. The third-order valence-corrected chi connectivity index (χ3v) is 6.85. The monoisotopic (exact) mass is 477 g/mol. The van der Waals surface area contributed by atoms with Gasteiger partial charge < -0.3 is 9.84 Å². The first-order chi connectivity index (χ1) is 17.0. The second kappa shape index (κ2) is 11.3. The zero-order chi connectivity index (χ0) is 24.8. The number of carboxylic acid groups (broad SMARTS) is 1. The van der Waals surface area contributed by atoms with Gasteiger partial charge in [-0.1, -0.05) is 43.5 Å². The van der Waals surface area contributed by atoms with Crippen LogP contribution < -0.4 is 10.3 Å². The van der Waals surface area contributed by atoms with Crippen molar-refractivity contribution in [2.45, 2.75) is 52.0 Å². The normalized spacial score (nSPS) is 19.6. The Balaban J connectivity index is 1.44. The highest BCUT2D eigenvalue weighted by molar-refractivity contribution is 6.00. The Morgan fingerprint density at radius 3 is 2.57 bits per heavy atom. The summed E-state index contributed by atoms with van der Waals surface area (Å²) in [5.74, 6) is -2.45. The molecule has 3 aromatic rings. The molecule has 3 unspecified atom stereocenters. The molecule has 0 aliphatic heterocycles. The van der Waals surface area contributed by atoms with E-state index in [9.17, 15) is 19.5 Å². The Morgan fingerprint density at radius 1 is 1.06 bits per heavy atom. The van der Waals surface area contributed by atoms with E-state index < -0.39 is 17.8 Å². The number of carboxylic acids is 1. The number of unbranched alkanes of at least 4 members (excludes halogenated alkanes) is 3. The molecule has 1 aromatic heterocycles. The highest BCUT2D eigenvalue weighted by atomic mass is 16.5. The molecule has 0 bridgehead atoms. The van der Waals surface area contributed by atoms with Gasteiger partial charge in [0, 0.05) is 11.5 Å². The summed E-state index contributed by atoms with van der Waals surface area (Å²) in [4.78, 5) is 38.3. The number of rotatable bonds is 11. The predicted molar refractivity (Wildman–Crippen MR) is 132 cm³/mol. The minimum atomic E-state index is -1.03. The first-order valence-electron chi connectivity index (χ1n) is 12.3. The number of nitrogens with zero attached hydrogens (tertiary/aromatic N) is 3. The standard InChI is InChI=1S/C27H31N3O5/c1-2-3-4-7-16-35-20-13-10-18(11-14-20)25(31)22-15-12-19(24(22)27(33)34)17-30-26(32)21-8-5-6-9-23(21)28-29-30/h5-6,8-11,13-14,19,22,24H,2-4,7,12,15-17H2,1H3,(H,33,34). The molecule has 1 fully saturated rings. The lowest BCUT2D eigenvalue weighted by atomic mass is 9.84. The van der Waals surface area contributed by atoms with Gasteiger partial charge in [0.2, 0.25) is 0 Å². The molecule has 3 atom stereocenters. The van der Waals surface area contributed by atoms with Crippen LogP contribution in [0.1, 0.15) is 55.8 Å². The van der Waals surface area contributed by atoms with Crippen LogP contribution in [-0.4, -0.2) is 38.5 Å². The van der Waals surface area contributed by atoms with Crippen molar-refractivity contribution < 1.29 is 19.4 Å². The van der Waals surface area contributed by atoms with Crippen LogP contribution in [0.5, 0.6) is 5.75 Å². The van der Waals surface area contributed by atoms with E-state index >= 15 is 0 Å². The van der Waals surface area contributed by atoms with E-state index in [1.54, 1.807) is 48.5 Å². The van der Waals surface area contributed by atoms with Gasteiger partial charge >= 0.3 is 5.97 Å². The largest absolute Gasteiger partial charge is 0.494 e. The molecule has 184 valence electrons. The molecular formula is C27H31N3O5. The molecule has 8 nitrogen and oxygen atoms in total. The fraction of sp³-hybridized carbons (Fsp3) is 0.444. The molecular weight excluding hydrogens is 446 g/mol. The maximum absolute atomic E-state index is 13.2. The van der Waals surface area contributed by atoms with Gasteiger partial charge in [0.05, 0.1) is 24.5 Å². The van der Waals surface area contributed by atoms with Crippen molar-refractivity contribution in [2.24, 2.45) is 17.8 Å². The molecule has 1 aliphatic rings. The molecule has 35 heavy (non-hydrogen) atoms. The number of aliphatic carboxylic acids is 1. The molecule has 8 heteroatoms. The molecule has 1 aliphatic carbocycles. The Labute approximate surface area is 203 Å². The summed E-state index contributed by atoms with van der Waals surface area (Å²) >= 11 is 0. The van der Waals surface area contributed by atoms with Crippen LogP contribution in [0.3, 0.4) is 0 Å². The zero-order valence-electron chi connectivity index (χ0n) is 19.9. The average Bonchev–Trinajstić information content (AvgIpc) is 3.29. The highest BCUT2D eigenvalue weighted by Crippen LogP contribution is 2.40. The molecule has 0 saturated heterocycles. The Kier molecular flexibility index (Phi) is 7.90. The van der Waals surface area contributed by atoms with Gasteiger partial charge in [-0.05, 0) is 61.6 Å². The second-order valence-corrected chi connectivity index (χ2v) is 9.20. The maximum Gasteiger partial charge on any atom is 0.307 e. The van der Waals surface area contributed by atoms with E-state index in [2.05, 4.69) is 17.2 Å². The van der Waals surface area contributed by atoms with Crippen LogP contribution in [0.2, 0.25) is 0 Å². The van der Waals surface area contributed by atoms with Crippen molar-refractivity contribution >= 4 is 22.7 Å². The van der Waals surface area contributed by atoms with Crippen molar-refractivity contribution in [3.8, 4) is 5.75 Å². The minimum absolute atomic E-state index is 0.113. The van der Waals surface area contributed by atoms with Crippen molar-refractivity contribution in [1.82, 2.24) is 15.0 Å². The van der Waals surface area contributed by atoms with Gasteiger partial charge in [-0.3, -0.25) is 14.4 Å². The van der Waals surface area contributed by atoms with E-state index in [4.69, 9.17) is 4.74 Å². The summed E-state index contributed by atoms with van der Waals surface area (Å²) in [6.45, 7) is 2.91. The van der Waals surface area contributed by atoms with Crippen LogP contribution >= 0.6 is 0 Å². The van der Waals surface area contributed by atoms with Crippen molar-refractivity contribution in [3.63, 3.8) is 0 Å². The molecule has 0 radical (unpaired) electrons. The van der Waals surface area contributed by atoms with Gasteiger partial charge in [-0.15, -0.1) is 5.10 Å². The Hall–Kier alpha value is -3.55. The van der Waals surface area contributed by atoms with Crippen molar-refractivity contribution in [3.05, 3.63) is 64.4 Å². The zero-order valence-corrected chi connectivity index (χ0v) is 19.9. The summed E-state index contributed by atoms with van der Waals surface area (Å²) in [5.41, 5.74) is 0.666. The lowest BCUT2D eigenvalue weighted by Gasteiger charge is -2.20. The van der Waals surface area contributed by atoms with Gasteiger partial charge in [-0.25, -0.2) is 4.68 Å². The molecule has 1 N–H and O–H groups in total. The number of hydrogen-bond donors (Lipinski definition) is 1. The second-order valence-electron chi connectivity index (χ2n) is 9.20. The van der Waals surface area contributed by atoms with Crippen LogP contribution in [-0.2, 0) is 11.3 Å². The van der Waals surface area contributed by atoms with Gasteiger partial charge in [0.15, 0.2) is 5.78 Å². The van der Waals surface area contributed by atoms with Gasteiger partial charge in [-0.2, -0.15) is 0 Å². The average molecular weight is 478 g/mol. The van der Waals surface area contributed by atoms with Crippen molar-refractivity contribution in [2.75, 3.05) is 6.61 Å². The first kappa shape index (κ1) is 24.6. The fourth-order valence-corrected chi connectivity index (χ4v) is 4.97. The molecule has 0 amide bonds. The van der Waals surface area contributed by atoms with E-state index in [0.29, 0.717) is 41.7 Å². The molecule has 1 heterocycles. The summed E-state index contributed by atoms with van der Waals surface area (Å²) in [6.07, 6.45) is 5.44. The van der Waals surface area contributed by atoms with Gasteiger partial charge in [0.1, 0.15) is 11.3 Å². The highest BCUT2D eigenvalue weighted by Gasteiger charge is 2.45. The third-order valence-electron chi connectivity index (χ3n) is 6.85. The van der Waals surface area contributed by atoms with E-state index in [0.717, 1.165) is 12.8 Å². The van der Waals surface area contributed by atoms with Crippen LogP contribution in [0, 0.1) is 17.8 Å². The van der Waals surface area contributed by atoms with Crippen LogP contribution in [0.4, 0.5) is 0 Å². The Bertz CT molecular complexity index is 1240. The number of fused-ring (bicyclic) bond motifs is 1. The smallest absolute Gasteiger partial charge is 0.307 e. The number of Topliss-reactive ketones (excluding diaryl/α,β-unsaturated/α-hetero) is 1. The fourth-order valence-electron chi connectivity index (χ4n) is 4.97. The quantitative estimate of drug-likeness (QED) is 0.323. The number of carbonyl (C=O) groups is 2. The lowest BCUT2D eigenvalue weighted by Crippen LogP contribution is -2.34. The number of aromatic nitrogens is 3. The van der Waals surface area contributed by atoms with Crippen LogP contribution in [0.15, 0.2) is 53.3 Å². The molecule has 0 spiro atoms. The maximum atomic E-state index is 13.2. The summed E-state index contributed by atoms with van der Waals surface area (Å²) < 4.78 is 6.97. The van der Waals surface area contributed by atoms with Crippen molar-refractivity contribution in [1.29, 1.82) is 0 Å². The SMILES string of the molecule is CCCCCCOc1ccc(C(=O)C2CCC(Cn3nnc4ccccc4c3=O)C2C(=O)O)cc1. The number of ketones is 1. The summed E-state index contributed by atoms with van der Waals surface area (Å²) in [6, 6.07) is 13.9. The minimum Gasteiger partial charge on any atom is -0.494 e. The summed E-state index contributed by atoms with van der Waals surface area (Å²) in [5, 5.41) is 18.5. The number of ether oxygens (including phenoxy) is 1. The predicted octanol–water partition coefficient (Wildman–Crippen LogP) is 4.36. The van der Waals surface area contributed by atoms with E-state index in [-0.39, 0.29) is 23.8 Å². The van der Waals surface area contributed by atoms with E-state index in [1.165, 1.54) is 17.5 Å². The molecule has 2 aromatic carbocycles. The summed E-state index contributed by atoms with van der Waals surface area (Å²) in [7, 11) is 0. The first-order valence-corrected chi connectivity index (χ1v) is 12.3. The topological polar surface area (TPSA) is 111 Å². The number of hydrogen-bond acceptors (Lipinski definition) is 6. The molecule has 4 rings (SSSR count). The van der Waals surface area contributed by atoms with Crippen LogP contribution in [0.25, 0.3) is 10.9 Å². The van der Waals surface area contributed by atoms with E-state index in [1.807, 2.05) is 0 Å². The Morgan fingerprint density at radius 2 is 1.83 bits per heavy atom. The lowest BCUT2D eigenvalue weighted by molar-refractivity contribution is -0.144. The van der Waals surface area contributed by atoms with Gasteiger partial charge in [0.25, 0.3) is 5.56 Å².